The molecule has 1 rings (SSSR count). The molecule has 0 N–H and O–H groups in total. The minimum absolute atomic E-state index is 0.327. The van der Waals surface area contributed by atoms with Crippen LogP contribution in [0.1, 0.15) is 26.3 Å². The lowest BCUT2D eigenvalue weighted by molar-refractivity contribution is 0.134. The van der Waals surface area contributed by atoms with Crippen LogP contribution in [0.2, 0.25) is 0 Å². The molecule has 0 fully saturated rings. The molecule has 14 heavy (non-hydrogen) atoms. The topological polar surface area (TPSA) is 9.23 Å². The Morgan fingerprint density at radius 3 is 2.29 bits per heavy atom. The van der Waals surface area contributed by atoms with Crippen molar-refractivity contribution in [3.05, 3.63) is 35.4 Å². The number of benzene rings is 1. The molecule has 1 aromatic carbocycles. The first-order valence-electron chi connectivity index (χ1n) is 4.75. The van der Waals surface area contributed by atoms with E-state index in [0.717, 1.165) is 12.1 Å². The Labute approximate surface area is 83.7 Å². The van der Waals surface area contributed by atoms with Crippen LogP contribution in [0, 0.1) is 11.6 Å². The molecule has 0 aromatic heterocycles. The van der Waals surface area contributed by atoms with Crippen LogP contribution in [0.15, 0.2) is 18.2 Å². The fourth-order valence-corrected chi connectivity index (χ4v) is 0.849. The van der Waals surface area contributed by atoms with E-state index in [2.05, 4.69) is 0 Å². The second-order valence-electron chi connectivity index (χ2n) is 2.39. The molecule has 0 unspecified atom stereocenters. The molecule has 3 heteroatoms. The van der Waals surface area contributed by atoms with E-state index in [0.29, 0.717) is 18.8 Å². The molecular formula is C11H16F2O. The van der Waals surface area contributed by atoms with Gasteiger partial charge in [-0.15, -0.1) is 0 Å². The van der Waals surface area contributed by atoms with Gasteiger partial charge in [0.25, 0.3) is 0 Å². The standard InChI is InChI=1S/C9H10F2O.C2H6/c1-2-12-6-7-3-4-8(10)9(11)5-7;1-2/h3-5H,2,6H2,1H3;1-2H3. The Morgan fingerprint density at radius 2 is 1.79 bits per heavy atom. The summed E-state index contributed by atoms with van der Waals surface area (Å²) < 4.78 is 30.0. The van der Waals surface area contributed by atoms with Gasteiger partial charge in [0, 0.05) is 6.61 Å². The van der Waals surface area contributed by atoms with E-state index >= 15 is 0 Å². The minimum atomic E-state index is -0.827. The van der Waals surface area contributed by atoms with Gasteiger partial charge in [-0.05, 0) is 24.6 Å². The van der Waals surface area contributed by atoms with Crippen molar-refractivity contribution in [1.29, 1.82) is 0 Å². The van der Waals surface area contributed by atoms with Crippen LogP contribution < -0.4 is 0 Å². The molecule has 0 aliphatic heterocycles. The van der Waals surface area contributed by atoms with E-state index < -0.39 is 11.6 Å². The highest BCUT2D eigenvalue weighted by molar-refractivity contribution is 5.16. The van der Waals surface area contributed by atoms with Gasteiger partial charge < -0.3 is 4.74 Å². The molecule has 1 nitrogen and oxygen atoms in total. The molecule has 0 bridgehead atoms. The van der Waals surface area contributed by atoms with Gasteiger partial charge in [0.15, 0.2) is 11.6 Å². The average Bonchev–Trinajstić information content (AvgIpc) is 2.23. The smallest absolute Gasteiger partial charge is 0.159 e. The fourth-order valence-electron chi connectivity index (χ4n) is 0.849. The monoisotopic (exact) mass is 202 g/mol. The highest BCUT2D eigenvalue weighted by Gasteiger charge is 2.01. The maximum absolute atomic E-state index is 12.6. The minimum Gasteiger partial charge on any atom is -0.377 e. The van der Waals surface area contributed by atoms with Gasteiger partial charge >= 0.3 is 0 Å². The lowest BCUT2D eigenvalue weighted by Gasteiger charge is -2.01. The highest BCUT2D eigenvalue weighted by Crippen LogP contribution is 2.09. The molecule has 0 spiro atoms. The van der Waals surface area contributed by atoms with E-state index in [1.165, 1.54) is 6.07 Å². The molecule has 0 saturated heterocycles. The number of rotatable bonds is 3. The van der Waals surface area contributed by atoms with Crippen LogP contribution >= 0.6 is 0 Å². The molecular weight excluding hydrogens is 186 g/mol. The summed E-state index contributed by atoms with van der Waals surface area (Å²) in [4.78, 5) is 0. The van der Waals surface area contributed by atoms with Crippen LogP contribution in [0.5, 0.6) is 0 Å². The van der Waals surface area contributed by atoms with E-state index in [-0.39, 0.29) is 0 Å². The molecule has 0 atom stereocenters. The summed E-state index contributed by atoms with van der Waals surface area (Å²) >= 11 is 0. The Hall–Kier alpha value is -0.960. The number of hydrogen-bond donors (Lipinski definition) is 0. The second-order valence-corrected chi connectivity index (χ2v) is 2.39. The third kappa shape index (κ3) is 4.33. The quantitative estimate of drug-likeness (QED) is 0.728. The zero-order valence-electron chi connectivity index (χ0n) is 8.81. The molecule has 0 aliphatic rings. The molecule has 0 radical (unpaired) electrons. The lowest BCUT2D eigenvalue weighted by Crippen LogP contribution is -1.93. The average molecular weight is 202 g/mol. The first-order chi connectivity index (χ1) is 6.74. The molecule has 80 valence electrons. The van der Waals surface area contributed by atoms with Gasteiger partial charge in [-0.1, -0.05) is 19.9 Å². The van der Waals surface area contributed by atoms with Crippen molar-refractivity contribution in [3.8, 4) is 0 Å². The van der Waals surface area contributed by atoms with Gasteiger partial charge in [-0.25, -0.2) is 8.78 Å². The molecule has 0 amide bonds. The Bertz CT molecular complexity index is 261. The molecule has 0 heterocycles. The Balaban J connectivity index is 0.000000791. The zero-order chi connectivity index (χ0) is 11.0. The van der Waals surface area contributed by atoms with Crippen molar-refractivity contribution in [2.75, 3.05) is 6.61 Å². The van der Waals surface area contributed by atoms with Crippen molar-refractivity contribution in [2.45, 2.75) is 27.4 Å². The van der Waals surface area contributed by atoms with Crippen molar-refractivity contribution in [3.63, 3.8) is 0 Å². The van der Waals surface area contributed by atoms with Crippen LogP contribution in [-0.2, 0) is 11.3 Å². The maximum Gasteiger partial charge on any atom is 0.159 e. The lowest BCUT2D eigenvalue weighted by atomic mass is 10.2. The summed E-state index contributed by atoms with van der Waals surface area (Å²) in [6.45, 7) is 6.74. The van der Waals surface area contributed by atoms with E-state index in [1.54, 1.807) is 0 Å². The predicted octanol–water partition coefficient (Wildman–Crippen LogP) is 3.53. The van der Waals surface area contributed by atoms with Gasteiger partial charge in [0.2, 0.25) is 0 Å². The highest BCUT2D eigenvalue weighted by atomic mass is 19.2. The summed E-state index contributed by atoms with van der Waals surface area (Å²) in [7, 11) is 0. The van der Waals surface area contributed by atoms with Gasteiger partial charge in [-0.2, -0.15) is 0 Å². The van der Waals surface area contributed by atoms with Gasteiger partial charge in [0.1, 0.15) is 0 Å². The third-order valence-corrected chi connectivity index (χ3v) is 1.46. The van der Waals surface area contributed by atoms with Crippen molar-refractivity contribution < 1.29 is 13.5 Å². The summed E-state index contributed by atoms with van der Waals surface area (Å²) in [5, 5.41) is 0. The summed E-state index contributed by atoms with van der Waals surface area (Å²) in [5.41, 5.74) is 0.649. The maximum atomic E-state index is 12.6. The first-order valence-corrected chi connectivity index (χ1v) is 4.75. The van der Waals surface area contributed by atoms with Crippen LogP contribution in [-0.4, -0.2) is 6.61 Å². The number of hydrogen-bond acceptors (Lipinski definition) is 1. The van der Waals surface area contributed by atoms with Crippen LogP contribution in [0.25, 0.3) is 0 Å². The van der Waals surface area contributed by atoms with E-state index in [4.69, 9.17) is 4.74 Å². The predicted molar refractivity (Wildman–Crippen MR) is 53.0 cm³/mol. The molecule has 1 aromatic rings. The number of halogens is 2. The van der Waals surface area contributed by atoms with E-state index in [1.807, 2.05) is 20.8 Å². The molecule has 0 saturated carbocycles. The SMILES string of the molecule is CC.CCOCc1ccc(F)c(F)c1. The normalized spacial score (nSPS) is 9.21. The zero-order valence-corrected chi connectivity index (χ0v) is 8.81. The Morgan fingerprint density at radius 1 is 1.14 bits per heavy atom. The summed E-state index contributed by atoms with van der Waals surface area (Å²) in [5.74, 6) is -1.65. The molecule has 0 aliphatic carbocycles. The fraction of sp³-hybridized carbons (Fsp3) is 0.455. The summed E-state index contributed by atoms with van der Waals surface area (Å²) in [6, 6.07) is 3.75. The van der Waals surface area contributed by atoms with Crippen molar-refractivity contribution in [2.24, 2.45) is 0 Å². The van der Waals surface area contributed by atoms with Gasteiger partial charge in [-0.3, -0.25) is 0 Å². The van der Waals surface area contributed by atoms with Gasteiger partial charge in [0.05, 0.1) is 6.61 Å². The largest absolute Gasteiger partial charge is 0.377 e. The Kier molecular flexibility index (Phi) is 6.93. The summed E-state index contributed by atoms with van der Waals surface area (Å²) in [6.07, 6.45) is 0. The van der Waals surface area contributed by atoms with Crippen LogP contribution in [0.3, 0.4) is 0 Å². The van der Waals surface area contributed by atoms with Crippen molar-refractivity contribution in [1.82, 2.24) is 0 Å². The van der Waals surface area contributed by atoms with E-state index in [9.17, 15) is 8.78 Å². The first kappa shape index (κ1) is 13.0. The van der Waals surface area contributed by atoms with Crippen molar-refractivity contribution >= 4 is 0 Å². The third-order valence-electron chi connectivity index (χ3n) is 1.46. The van der Waals surface area contributed by atoms with Crippen LogP contribution in [0.4, 0.5) is 8.78 Å². The number of ether oxygens (including phenoxy) is 1. The second kappa shape index (κ2) is 7.44.